The molecule has 3 aromatic rings. The average molecular weight is 431 g/mol. The molecule has 0 spiro atoms. The number of nitrogens with zero attached hydrogens (tertiary/aromatic N) is 3. The molecule has 3 heterocycles. The van der Waals surface area contributed by atoms with E-state index >= 15 is 0 Å². The van der Waals surface area contributed by atoms with Gasteiger partial charge in [-0.25, -0.2) is 0 Å². The number of para-hydroxylation sites is 2. The molecule has 1 atom stereocenters. The van der Waals surface area contributed by atoms with Crippen LogP contribution >= 0.6 is 0 Å². The second-order valence-corrected chi connectivity index (χ2v) is 8.11. The molecule has 32 heavy (non-hydrogen) atoms. The number of benzene rings is 2. The monoisotopic (exact) mass is 430 g/mol. The number of amides is 1. The number of carbonyl (C=O) groups is 1. The lowest BCUT2D eigenvalue weighted by molar-refractivity contribution is -0.125. The number of hydrogen-bond donors (Lipinski definition) is 1. The van der Waals surface area contributed by atoms with Crippen LogP contribution in [0.2, 0.25) is 0 Å². The van der Waals surface area contributed by atoms with Gasteiger partial charge in [-0.15, -0.1) is 10.2 Å². The van der Waals surface area contributed by atoms with E-state index in [1.807, 2.05) is 54.6 Å². The van der Waals surface area contributed by atoms with Crippen LogP contribution in [0.25, 0.3) is 11.3 Å². The predicted octanol–water partition coefficient (Wildman–Crippen LogP) is 4.30. The summed E-state index contributed by atoms with van der Waals surface area (Å²) in [6, 6.07) is 19.0. The van der Waals surface area contributed by atoms with Crippen molar-refractivity contribution in [2.45, 2.75) is 31.8 Å². The first-order valence-electron chi connectivity index (χ1n) is 11.1. The number of aromatic nitrogens is 2. The molecular formula is C25H26N4O3. The number of fused-ring (bicyclic) bond motifs is 1. The minimum absolute atomic E-state index is 0.180. The van der Waals surface area contributed by atoms with Gasteiger partial charge in [0.2, 0.25) is 6.10 Å². The van der Waals surface area contributed by atoms with E-state index in [1.54, 1.807) is 6.07 Å². The van der Waals surface area contributed by atoms with Crippen molar-refractivity contribution in [3.63, 3.8) is 0 Å². The molecule has 1 fully saturated rings. The summed E-state index contributed by atoms with van der Waals surface area (Å²) in [5.41, 5.74) is 2.45. The van der Waals surface area contributed by atoms with Gasteiger partial charge in [0, 0.05) is 24.3 Å². The van der Waals surface area contributed by atoms with E-state index in [0.29, 0.717) is 17.2 Å². The first-order valence-corrected chi connectivity index (χ1v) is 11.1. The Hall–Kier alpha value is -3.61. The zero-order valence-electron chi connectivity index (χ0n) is 17.9. The van der Waals surface area contributed by atoms with Gasteiger partial charge in [-0.1, -0.05) is 37.1 Å². The van der Waals surface area contributed by atoms with Crippen LogP contribution in [-0.4, -0.2) is 41.9 Å². The van der Waals surface area contributed by atoms with E-state index in [0.717, 1.165) is 30.2 Å². The van der Waals surface area contributed by atoms with Gasteiger partial charge >= 0.3 is 0 Å². The summed E-state index contributed by atoms with van der Waals surface area (Å²) >= 11 is 0. The summed E-state index contributed by atoms with van der Waals surface area (Å²) in [5.74, 6) is 1.94. The fraction of sp³-hybridized carbons (Fsp3) is 0.320. The highest BCUT2D eigenvalue weighted by atomic mass is 16.6. The van der Waals surface area contributed by atoms with Gasteiger partial charge in [-0.2, -0.15) is 0 Å². The topological polar surface area (TPSA) is 76.6 Å². The van der Waals surface area contributed by atoms with Gasteiger partial charge in [-0.05, 0) is 49.2 Å². The van der Waals surface area contributed by atoms with Crippen molar-refractivity contribution in [3.05, 3.63) is 60.7 Å². The third-order valence-corrected chi connectivity index (χ3v) is 5.83. The zero-order chi connectivity index (χ0) is 21.8. The van der Waals surface area contributed by atoms with Crippen LogP contribution in [0.4, 0.5) is 11.5 Å². The normalized spacial score (nSPS) is 18.0. The summed E-state index contributed by atoms with van der Waals surface area (Å²) in [6.07, 6.45) is 4.31. The molecule has 164 valence electrons. The second-order valence-electron chi connectivity index (χ2n) is 8.11. The Kier molecular flexibility index (Phi) is 5.87. The molecule has 1 unspecified atom stereocenters. The number of hydrogen-bond acceptors (Lipinski definition) is 6. The lowest BCUT2D eigenvalue weighted by atomic mass is 10.1. The number of anilines is 2. The Morgan fingerprint density at radius 1 is 0.875 bits per heavy atom. The molecule has 1 amide bonds. The minimum Gasteiger partial charge on any atom is -0.485 e. The molecule has 1 N–H and O–H groups in total. The molecule has 2 aromatic carbocycles. The fourth-order valence-corrected chi connectivity index (χ4v) is 4.04. The molecule has 0 bridgehead atoms. The summed E-state index contributed by atoms with van der Waals surface area (Å²) in [4.78, 5) is 14.9. The molecule has 7 heteroatoms. The van der Waals surface area contributed by atoms with E-state index in [-0.39, 0.29) is 12.5 Å². The van der Waals surface area contributed by atoms with Gasteiger partial charge in [-0.3, -0.25) is 4.79 Å². The second kappa shape index (κ2) is 9.26. The Balaban J connectivity index is 1.21. The van der Waals surface area contributed by atoms with E-state index in [2.05, 4.69) is 20.4 Å². The summed E-state index contributed by atoms with van der Waals surface area (Å²) in [5, 5.41) is 11.8. The largest absolute Gasteiger partial charge is 0.485 e. The standard InChI is InChI=1S/C25H26N4O3/c30-25(23-17-31-21-7-3-4-8-22(21)32-23)26-19-11-9-18(10-12-19)20-13-14-24(28-27-20)29-15-5-1-2-6-16-29/h3-4,7-14,23H,1-2,5-6,15-17H2,(H,26,30). The average Bonchev–Trinajstić information content (AvgIpc) is 3.14. The fourth-order valence-electron chi connectivity index (χ4n) is 4.04. The van der Waals surface area contributed by atoms with Gasteiger partial charge in [0.15, 0.2) is 17.3 Å². The first-order chi connectivity index (χ1) is 15.8. The van der Waals surface area contributed by atoms with E-state index in [1.165, 1.54) is 25.7 Å². The maximum Gasteiger partial charge on any atom is 0.269 e. The highest BCUT2D eigenvalue weighted by molar-refractivity contribution is 5.95. The number of rotatable bonds is 4. The van der Waals surface area contributed by atoms with Crippen LogP contribution in [0.1, 0.15) is 25.7 Å². The molecule has 7 nitrogen and oxygen atoms in total. The van der Waals surface area contributed by atoms with Crippen LogP contribution in [0.5, 0.6) is 11.5 Å². The Labute approximate surface area is 187 Å². The number of carbonyl (C=O) groups excluding carboxylic acids is 1. The van der Waals surface area contributed by atoms with Crippen molar-refractivity contribution in [1.29, 1.82) is 0 Å². The van der Waals surface area contributed by atoms with Crippen molar-refractivity contribution in [2.24, 2.45) is 0 Å². The molecule has 5 rings (SSSR count). The van der Waals surface area contributed by atoms with Crippen LogP contribution in [0.15, 0.2) is 60.7 Å². The predicted molar refractivity (Wildman–Crippen MR) is 123 cm³/mol. The van der Waals surface area contributed by atoms with Crippen molar-refractivity contribution in [1.82, 2.24) is 10.2 Å². The van der Waals surface area contributed by atoms with Crippen molar-refractivity contribution < 1.29 is 14.3 Å². The number of nitrogens with one attached hydrogen (secondary N) is 1. The quantitative estimate of drug-likeness (QED) is 0.665. The van der Waals surface area contributed by atoms with Crippen LogP contribution in [0.3, 0.4) is 0 Å². The van der Waals surface area contributed by atoms with Gasteiger partial charge in [0.1, 0.15) is 6.61 Å². The van der Waals surface area contributed by atoms with Gasteiger partial charge in [0.25, 0.3) is 5.91 Å². The van der Waals surface area contributed by atoms with Crippen molar-refractivity contribution in [2.75, 3.05) is 29.9 Å². The summed E-state index contributed by atoms with van der Waals surface area (Å²) in [7, 11) is 0. The first kappa shape index (κ1) is 20.3. The smallest absolute Gasteiger partial charge is 0.269 e. The zero-order valence-corrected chi connectivity index (χ0v) is 17.9. The Morgan fingerprint density at radius 2 is 1.62 bits per heavy atom. The molecule has 1 saturated heterocycles. The molecule has 1 aromatic heterocycles. The summed E-state index contributed by atoms with van der Waals surface area (Å²) < 4.78 is 11.4. The van der Waals surface area contributed by atoms with Crippen molar-refractivity contribution >= 4 is 17.4 Å². The molecule has 2 aliphatic heterocycles. The molecular weight excluding hydrogens is 404 g/mol. The third kappa shape index (κ3) is 4.51. The molecule has 0 aliphatic carbocycles. The maximum atomic E-state index is 12.6. The van der Waals surface area contributed by atoms with Crippen LogP contribution in [0, 0.1) is 0 Å². The van der Waals surface area contributed by atoms with Gasteiger partial charge < -0.3 is 19.7 Å². The van der Waals surface area contributed by atoms with Crippen LogP contribution in [-0.2, 0) is 4.79 Å². The molecule has 2 aliphatic rings. The minimum atomic E-state index is -0.693. The van der Waals surface area contributed by atoms with Crippen molar-refractivity contribution in [3.8, 4) is 22.8 Å². The van der Waals surface area contributed by atoms with E-state index in [9.17, 15) is 4.79 Å². The van der Waals surface area contributed by atoms with Gasteiger partial charge in [0.05, 0.1) is 5.69 Å². The Morgan fingerprint density at radius 3 is 2.34 bits per heavy atom. The third-order valence-electron chi connectivity index (χ3n) is 5.83. The van der Waals surface area contributed by atoms with E-state index < -0.39 is 6.10 Å². The van der Waals surface area contributed by atoms with Crippen LogP contribution < -0.4 is 19.7 Å². The highest BCUT2D eigenvalue weighted by Crippen LogP contribution is 2.31. The maximum absolute atomic E-state index is 12.6. The Bertz CT molecular complexity index is 1060. The SMILES string of the molecule is O=C(Nc1ccc(-c2ccc(N3CCCCCC3)nn2)cc1)C1COc2ccccc2O1. The lowest BCUT2D eigenvalue weighted by Crippen LogP contribution is -2.40. The molecule has 0 saturated carbocycles. The highest BCUT2D eigenvalue weighted by Gasteiger charge is 2.27. The van der Waals surface area contributed by atoms with E-state index in [4.69, 9.17) is 9.47 Å². The lowest BCUT2D eigenvalue weighted by Gasteiger charge is -2.25. The molecule has 0 radical (unpaired) electrons. The number of ether oxygens (including phenoxy) is 2. The summed E-state index contributed by atoms with van der Waals surface area (Å²) in [6.45, 7) is 2.27.